The molecule has 2 aromatic rings. The third-order valence-electron chi connectivity index (χ3n) is 2.90. The van der Waals surface area contributed by atoms with Gasteiger partial charge in [0, 0.05) is 11.1 Å². The minimum atomic E-state index is -0.384. The Morgan fingerprint density at radius 1 is 1.05 bits per heavy atom. The van der Waals surface area contributed by atoms with Crippen LogP contribution in [0.2, 0.25) is 10.0 Å². The van der Waals surface area contributed by atoms with Gasteiger partial charge in [0.15, 0.2) is 0 Å². The molecule has 100 valence electrons. The summed E-state index contributed by atoms with van der Waals surface area (Å²) in [6, 6.07) is 12.3. The van der Waals surface area contributed by atoms with Crippen molar-refractivity contribution in [3.05, 3.63) is 69.5 Å². The zero-order chi connectivity index (χ0) is 13.8. The quantitative estimate of drug-likeness (QED) is 0.897. The summed E-state index contributed by atoms with van der Waals surface area (Å²) in [4.78, 5) is 0. The maximum atomic E-state index is 13.8. The van der Waals surface area contributed by atoms with Crippen LogP contribution in [0.4, 0.5) is 4.39 Å². The molecule has 2 N–H and O–H groups in total. The Kier molecular flexibility index (Phi) is 4.81. The Bertz CT molecular complexity index is 572. The minimum Gasteiger partial charge on any atom is -0.327 e. The molecule has 0 saturated carbocycles. The fourth-order valence-electron chi connectivity index (χ4n) is 2.03. The molecule has 0 aliphatic carbocycles. The first kappa shape index (κ1) is 14.3. The van der Waals surface area contributed by atoms with Crippen LogP contribution < -0.4 is 5.73 Å². The average Bonchev–Trinajstić information content (AvgIpc) is 2.35. The van der Waals surface area contributed by atoms with Crippen LogP contribution in [0.15, 0.2) is 42.5 Å². The lowest BCUT2D eigenvalue weighted by Gasteiger charge is -2.13. The molecule has 0 spiro atoms. The molecule has 0 radical (unpaired) electrons. The third-order valence-corrected chi connectivity index (χ3v) is 3.43. The number of halogens is 3. The van der Waals surface area contributed by atoms with E-state index in [-0.39, 0.29) is 16.9 Å². The van der Waals surface area contributed by atoms with E-state index in [2.05, 4.69) is 0 Å². The van der Waals surface area contributed by atoms with Gasteiger partial charge in [-0.2, -0.15) is 0 Å². The van der Waals surface area contributed by atoms with E-state index in [9.17, 15) is 4.39 Å². The zero-order valence-corrected chi connectivity index (χ0v) is 11.8. The Balaban J connectivity index is 2.05. The molecule has 0 bridgehead atoms. The van der Waals surface area contributed by atoms with Gasteiger partial charge in [-0.05, 0) is 42.2 Å². The Morgan fingerprint density at radius 3 is 2.53 bits per heavy atom. The third kappa shape index (κ3) is 3.93. The molecule has 4 heteroatoms. The van der Waals surface area contributed by atoms with Crippen molar-refractivity contribution in [2.24, 2.45) is 5.73 Å². The van der Waals surface area contributed by atoms with Crippen LogP contribution in [0.5, 0.6) is 0 Å². The first-order chi connectivity index (χ1) is 9.06. The molecule has 0 saturated heterocycles. The normalized spacial score (nSPS) is 12.4. The molecular weight excluding hydrogens is 284 g/mol. The molecule has 1 unspecified atom stereocenters. The topological polar surface area (TPSA) is 26.0 Å². The second kappa shape index (κ2) is 6.38. The number of hydrogen-bond donors (Lipinski definition) is 1. The Labute approximate surface area is 122 Å². The van der Waals surface area contributed by atoms with Crippen LogP contribution in [0.1, 0.15) is 11.1 Å². The molecule has 0 aliphatic heterocycles. The van der Waals surface area contributed by atoms with Crippen LogP contribution in [-0.2, 0) is 12.8 Å². The Hall–Kier alpha value is -1.09. The molecular formula is C15H14Cl2FN. The summed E-state index contributed by atoms with van der Waals surface area (Å²) in [6.45, 7) is 0. The standard InChI is InChI=1S/C15H14Cl2FN/c16-12-5-1-3-10(7-12)8-13(19)9-11-4-2-6-14(17)15(11)18/h1-7,13H,8-9,19H2. The monoisotopic (exact) mass is 297 g/mol. The van der Waals surface area contributed by atoms with E-state index in [4.69, 9.17) is 28.9 Å². The fourth-order valence-corrected chi connectivity index (χ4v) is 2.43. The van der Waals surface area contributed by atoms with Crippen LogP contribution in [0.25, 0.3) is 0 Å². The van der Waals surface area contributed by atoms with Crippen LogP contribution in [0, 0.1) is 5.82 Å². The van der Waals surface area contributed by atoms with Crippen molar-refractivity contribution < 1.29 is 4.39 Å². The van der Waals surface area contributed by atoms with Gasteiger partial charge >= 0.3 is 0 Å². The predicted molar refractivity (Wildman–Crippen MR) is 78.2 cm³/mol. The number of hydrogen-bond acceptors (Lipinski definition) is 1. The van der Waals surface area contributed by atoms with E-state index in [1.807, 2.05) is 24.3 Å². The maximum Gasteiger partial charge on any atom is 0.145 e. The highest BCUT2D eigenvalue weighted by atomic mass is 35.5. The molecule has 19 heavy (non-hydrogen) atoms. The maximum absolute atomic E-state index is 13.8. The molecule has 2 aromatic carbocycles. The van der Waals surface area contributed by atoms with Gasteiger partial charge in [-0.25, -0.2) is 4.39 Å². The molecule has 0 heterocycles. The van der Waals surface area contributed by atoms with Gasteiger partial charge in [0.25, 0.3) is 0 Å². The first-order valence-corrected chi connectivity index (χ1v) is 6.75. The van der Waals surface area contributed by atoms with Gasteiger partial charge in [-0.1, -0.05) is 47.5 Å². The summed E-state index contributed by atoms with van der Waals surface area (Å²) >= 11 is 11.7. The van der Waals surface area contributed by atoms with E-state index in [0.29, 0.717) is 23.4 Å². The lowest BCUT2D eigenvalue weighted by atomic mass is 9.99. The molecule has 0 aliphatic rings. The largest absolute Gasteiger partial charge is 0.327 e. The van der Waals surface area contributed by atoms with Gasteiger partial charge in [-0.3, -0.25) is 0 Å². The highest BCUT2D eigenvalue weighted by molar-refractivity contribution is 6.31. The van der Waals surface area contributed by atoms with E-state index in [0.717, 1.165) is 5.56 Å². The van der Waals surface area contributed by atoms with Crippen molar-refractivity contribution in [3.8, 4) is 0 Å². The molecule has 0 fully saturated rings. The van der Waals surface area contributed by atoms with Gasteiger partial charge in [0.2, 0.25) is 0 Å². The average molecular weight is 298 g/mol. The highest BCUT2D eigenvalue weighted by Gasteiger charge is 2.11. The summed E-state index contributed by atoms with van der Waals surface area (Å²) in [5, 5.41) is 0.811. The highest BCUT2D eigenvalue weighted by Crippen LogP contribution is 2.20. The van der Waals surface area contributed by atoms with Crippen LogP contribution in [0.3, 0.4) is 0 Å². The summed E-state index contributed by atoms with van der Waals surface area (Å²) in [6.07, 6.45) is 1.09. The van der Waals surface area contributed by atoms with Crippen molar-refractivity contribution >= 4 is 23.2 Å². The second-order valence-electron chi connectivity index (χ2n) is 4.51. The summed E-state index contributed by atoms with van der Waals surface area (Å²) in [5.74, 6) is -0.384. The van der Waals surface area contributed by atoms with E-state index in [1.54, 1.807) is 12.1 Å². The SMILES string of the molecule is NC(Cc1cccc(Cl)c1)Cc1cccc(Cl)c1F. The lowest BCUT2D eigenvalue weighted by molar-refractivity contribution is 0.584. The summed E-state index contributed by atoms with van der Waals surface area (Å²) in [5.41, 5.74) is 7.64. The fraction of sp³-hybridized carbons (Fsp3) is 0.200. The summed E-state index contributed by atoms with van der Waals surface area (Å²) < 4.78 is 13.8. The zero-order valence-electron chi connectivity index (χ0n) is 10.2. The number of nitrogens with two attached hydrogens (primary N) is 1. The molecule has 1 nitrogen and oxygen atoms in total. The predicted octanol–water partition coefficient (Wildman–Crippen LogP) is 4.25. The molecule has 0 aromatic heterocycles. The molecule has 2 rings (SSSR count). The second-order valence-corrected chi connectivity index (χ2v) is 5.35. The van der Waals surface area contributed by atoms with Crippen molar-refractivity contribution in [2.75, 3.05) is 0 Å². The van der Waals surface area contributed by atoms with E-state index in [1.165, 1.54) is 6.07 Å². The minimum absolute atomic E-state index is 0.132. The van der Waals surface area contributed by atoms with Gasteiger partial charge in [-0.15, -0.1) is 0 Å². The van der Waals surface area contributed by atoms with E-state index < -0.39 is 0 Å². The molecule has 1 atom stereocenters. The lowest BCUT2D eigenvalue weighted by Crippen LogP contribution is -2.26. The van der Waals surface area contributed by atoms with Crippen LogP contribution >= 0.6 is 23.2 Å². The van der Waals surface area contributed by atoms with Crippen molar-refractivity contribution in [3.63, 3.8) is 0 Å². The van der Waals surface area contributed by atoms with Crippen LogP contribution in [-0.4, -0.2) is 6.04 Å². The Morgan fingerprint density at radius 2 is 1.79 bits per heavy atom. The number of benzene rings is 2. The van der Waals surface area contributed by atoms with Gasteiger partial charge in [0.05, 0.1) is 5.02 Å². The van der Waals surface area contributed by atoms with Crippen molar-refractivity contribution in [2.45, 2.75) is 18.9 Å². The van der Waals surface area contributed by atoms with E-state index >= 15 is 0 Å². The van der Waals surface area contributed by atoms with Gasteiger partial charge in [0.1, 0.15) is 5.82 Å². The molecule has 0 amide bonds. The number of rotatable bonds is 4. The van der Waals surface area contributed by atoms with Crippen molar-refractivity contribution in [1.82, 2.24) is 0 Å². The van der Waals surface area contributed by atoms with Gasteiger partial charge < -0.3 is 5.73 Å². The smallest absolute Gasteiger partial charge is 0.145 e. The first-order valence-electron chi connectivity index (χ1n) is 5.99. The van der Waals surface area contributed by atoms with Crippen molar-refractivity contribution in [1.29, 1.82) is 0 Å². The summed E-state index contributed by atoms with van der Waals surface area (Å²) in [7, 11) is 0.